The fraction of sp³-hybridized carbons (Fsp3) is 0.941. The van der Waals surface area contributed by atoms with Gasteiger partial charge in [0.2, 0.25) is 5.91 Å². The fourth-order valence-corrected chi connectivity index (χ4v) is 2.11. The van der Waals surface area contributed by atoms with Gasteiger partial charge in [-0.3, -0.25) is 4.79 Å². The average molecular weight is 300 g/mol. The lowest BCUT2D eigenvalue weighted by atomic mass is 10.1. The highest BCUT2D eigenvalue weighted by molar-refractivity contribution is 5.76. The van der Waals surface area contributed by atoms with Gasteiger partial charge in [-0.05, 0) is 50.7 Å². The van der Waals surface area contributed by atoms with E-state index in [2.05, 4.69) is 32.6 Å². The number of nitrogens with zero attached hydrogens (tertiary/aromatic N) is 2. The Bertz CT molecular complexity index is 255. The van der Waals surface area contributed by atoms with Crippen molar-refractivity contribution in [3.05, 3.63) is 0 Å². The monoisotopic (exact) mass is 299 g/mol. The van der Waals surface area contributed by atoms with Crippen LogP contribution >= 0.6 is 0 Å². The first-order chi connectivity index (χ1) is 9.86. The standard InChI is InChI=1S/C17H37N3O/c1-15(2)7-12-20(13-8-16(3)4)14-9-17(21)19(5)11-6-10-18/h15-16H,6-14,18H2,1-5H3. The average Bonchev–Trinajstić information content (AvgIpc) is 2.42. The van der Waals surface area contributed by atoms with Gasteiger partial charge >= 0.3 is 0 Å². The summed E-state index contributed by atoms with van der Waals surface area (Å²) in [4.78, 5) is 16.4. The largest absolute Gasteiger partial charge is 0.346 e. The van der Waals surface area contributed by atoms with Crippen molar-refractivity contribution in [2.75, 3.05) is 39.8 Å². The van der Waals surface area contributed by atoms with Crippen LogP contribution in [0.25, 0.3) is 0 Å². The summed E-state index contributed by atoms with van der Waals surface area (Å²) in [5.74, 6) is 1.67. The summed E-state index contributed by atoms with van der Waals surface area (Å²) in [6, 6.07) is 0. The van der Waals surface area contributed by atoms with Crippen molar-refractivity contribution in [1.29, 1.82) is 0 Å². The Labute approximate surface area is 132 Å². The Hall–Kier alpha value is -0.610. The lowest BCUT2D eigenvalue weighted by Gasteiger charge is -2.25. The minimum atomic E-state index is 0.238. The van der Waals surface area contributed by atoms with Crippen molar-refractivity contribution >= 4 is 5.91 Å². The van der Waals surface area contributed by atoms with Crippen molar-refractivity contribution in [3.8, 4) is 0 Å². The smallest absolute Gasteiger partial charge is 0.223 e. The zero-order valence-electron chi connectivity index (χ0n) is 14.9. The highest BCUT2D eigenvalue weighted by Crippen LogP contribution is 2.07. The second kappa shape index (κ2) is 12.0. The molecule has 0 aromatic rings. The Morgan fingerprint density at radius 3 is 1.90 bits per heavy atom. The van der Waals surface area contributed by atoms with Crippen LogP contribution in [0.3, 0.4) is 0 Å². The first-order valence-electron chi connectivity index (χ1n) is 8.53. The maximum atomic E-state index is 12.1. The van der Waals surface area contributed by atoms with E-state index >= 15 is 0 Å². The predicted molar refractivity (Wildman–Crippen MR) is 91.3 cm³/mol. The van der Waals surface area contributed by atoms with Gasteiger partial charge in [0.05, 0.1) is 0 Å². The van der Waals surface area contributed by atoms with Gasteiger partial charge in [-0.2, -0.15) is 0 Å². The maximum Gasteiger partial charge on any atom is 0.223 e. The Morgan fingerprint density at radius 1 is 0.952 bits per heavy atom. The third kappa shape index (κ3) is 11.7. The van der Waals surface area contributed by atoms with Gasteiger partial charge in [0.1, 0.15) is 0 Å². The van der Waals surface area contributed by atoms with E-state index < -0.39 is 0 Å². The van der Waals surface area contributed by atoms with Gasteiger partial charge < -0.3 is 15.5 Å². The van der Waals surface area contributed by atoms with E-state index in [1.807, 2.05) is 11.9 Å². The number of amides is 1. The molecule has 126 valence electrons. The van der Waals surface area contributed by atoms with E-state index in [1.165, 1.54) is 12.8 Å². The maximum absolute atomic E-state index is 12.1. The first kappa shape index (κ1) is 20.4. The van der Waals surface area contributed by atoms with Crippen LogP contribution in [0.4, 0.5) is 0 Å². The minimum Gasteiger partial charge on any atom is -0.346 e. The molecule has 0 aliphatic rings. The molecule has 0 radical (unpaired) electrons. The summed E-state index contributed by atoms with van der Waals surface area (Å²) in [6.07, 6.45) is 3.91. The molecule has 0 rings (SSSR count). The lowest BCUT2D eigenvalue weighted by Crippen LogP contribution is -2.34. The molecule has 0 aromatic carbocycles. The van der Waals surface area contributed by atoms with Crippen molar-refractivity contribution in [1.82, 2.24) is 9.80 Å². The van der Waals surface area contributed by atoms with Gasteiger partial charge in [-0.15, -0.1) is 0 Å². The Kier molecular flexibility index (Phi) is 11.6. The quantitative estimate of drug-likeness (QED) is 0.602. The van der Waals surface area contributed by atoms with E-state index in [-0.39, 0.29) is 5.91 Å². The molecule has 21 heavy (non-hydrogen) atoms. The summed E-state index contributed by atoms with van der Waals surface area (Å²) < 4.78 is 0. The van der Waals surface area contributed by atoms with Crippen LogP contribution in [0.15, 0.2) is 0 Å². The Balaban J connectivity index is 4.15. The van der Waals surface area contributed by atoms with E-state index in [1.54, 1.807) is 0 Å². The molecule has 4 nitrogen and oxygen atoms in total. The van der Waals surface area contributed by atoms with Crippen molar-refractivity contribution in [3.63, 3.8) is 0 Å². The SMILES string of the molecule is CC(C)CCN(CCC(=O)N(C)CCCN)CCC(C)C. The number of hydrogen-bond donors (Lipinski definition) is 1. The molecule has 0 bridgehead atoms. The number of rotatable bonds is 12. The molecular weight excluding hydrogens is 262 g/mol. The van der Waals surface area contributed by atoms with Gasteiger partial charge in [0.25, 0.3) is 0 Å². The summed E-state index contributed by atoms with van der Waals surface area (Å²) in [7, 11) is 1.88. The molecule has 0 atom stereocenters. The van der Waals surface area contributed by atoms with Crippen molar-refractivity contribution < 1.29 is 4.79 Å². The zero-order valence-corrected chi connectivity index (χ0v) is 14.9. The summed E-state index contributed by atoms with van der Waals surface area (Å²) in [5.41, 5.74) is 5.49. The van der Waals surface area contributed by atoms with E-state index in [0.717, 1.165) is 44.4 Å². The highest BCUT2D eigenvalue weighted by atomic mass is 16.2. The molecule has 0 fully saturated rings. The van der Waals surface area contributed by atoms with Gasteiger partial charge in [-0.25, -0.2) is 0 Å². The summed E-state index contributed by atoms with van der Waals surface area (Å²) in [6.45, 7) is 13.5. The van der Waals surface area contributed by atoms with Gasteiger partial charge in [0.15, 0.2) is 0 Å². The van der Waals surface area contributed by atoms with Crippen molar-refractivity contribution in [2.45, 2.75) is 53.4 Å². The molecule has 1 amide bonds. The summed E-state index contributed by atoms with van der Waals surface area (Å²) >= 11 is 0. The van der Waals surface area contributed by atoms with Crippen LogP contribution in [0.5, 0.6) is 0 Å². The third-order valence-electron chi connectivity index (χ3n) is 3.81. The second-order valence-corrected chi connectivity index (χ2v) is 6.91. The van der Waals surface area contributed by atoms with Crippen LogP contribution in [0.1, 0.15) is 53.4 Å². The molecule has 0 unspecified atom stereocenters. The second-order valence-electron chi connectivity index (χ2n) is 6.91. The van der Waals surface area contributed by atoms with Crippen LogP contribution < -0.4 is 5.73 Å². The Morgan fingerprint density at radius 2 is 1.48 bits per heavy atom. The fourth-order valence-electron chi connectivity index (χ4n) is 2.11. The number of carbonyl (C=O) groups is 1. The summed E-state index contributed by atoms with van der Waals surface area (Å²) in [5, 5.41) is 0. The predicted octanol–water partition coefficient (Wildman–Crippen LogP) is 2.58. The molecule has 0 spiro atoms. The molecule has 0 saturated heterocycles. The van der Waals surface area contributed by atoms with Gasteiger partial charge in [0, 0.05) is 26.6 Å². The van der Waals surface area contributed by atoms with Gasteiger partial charge in [-0.1, -0.05) is 27.7 Å². The minimum absolute atomic E-state index is 0.238. The van der Waals surface area contributed by atoms with Crippen LogP contribution in [-0.2, 0) is 4.79 Å². The molecule has 0 aliphatic carbocycles. The molecule has 0 aliphatic heterocycles. The van der Waals surface area contributed by atoms with Crippen LogP contribution in [0.2, 0.25) is 0 Å². The van der Waals surface area contributed by atoms with E-state index in [9.17, 15) is 4.79 Å². The third-order valence-corrected chi connectivity index (χ3v) is 3.81. The zero-order chi connectivity index (χ0) is 16.3. The molecule has 0 aromatic heterocycles. The number of carbonyl (C=O) groups excluding carboxylic acids is 1. The number of hydrogen-bond acceptors (Lipinski definition) is 3. The normalized spacial score (nSPS) is 11.7. The topological polar surface area (TPSA) is 49.6 Å². The molecular formula is C17H37N3O. The lowest BCUT2D eigenvalue weighted by molar-refractivity contribution is -0.130. The van der Waals surface area contributed by atoms with E-state index in [4.69, 9.17) is 5.73 Å². The van der Waals surface area contributed by atoms with Crippen LogP contribution in [-0.4, -0.2) is 55.5 Å². The number of nitrogens with two attached hydrogens (primary N) is 1. The first-order valence-corrected chi connectivity index (χ1v) is 8.53. The van der Waals surface area contributed by atoms with E-state index in [0.29, 0.717) is 13.0 Å². The molecule has 0 saturated carbocycles. The molecule has 2 N–H and O–H groups in total. The molecule has 4 heteroatoms. The highest BCUT2D eigenvalue weighted by Gasteiger charge is 2.12. The molecule has 0 heterocycles. The van der Waals surface area contributed by atoms with Crippen LogP contribution in [0, 0.1) is 11.8 Å². The van der Waals surface area contributed by atoms with Crippen molar-refractivity contribution in [2.24, 2.45) is 17.6 Å².